The minimum absolute atomic E-state index is 0.0733. The summed E-state index contributed by atoms with van der Waals surface area (Å²) in [5.41, 5.74) is 1.69. The van der Waals surface area contributed by atoms with Crippen LogP contribution in [0, 0.1) is 0 Å². The molecule has 1 saturated heterocycles. The molecular weight excluding hydrogens is 258 g/mol. The second-order valence-corrected chi connectivity index (χ2v) is 4.74. The van der Waals surface area contributed by atoms with E-state index >= 15 is 0 Å². The van der Waals surface area contributed by atoms with Crippen molar-refractivity contribution in [3.63, 3.8) is 0 Å². The van der Waals surface area contributed by atoms with Crippen molar-refractivity contribution in [1.82, 2.24) is 15.2 Å². The van der Waals surface area contributed by atoms with E-state index in [1.54, 1.807) is 11.7 Å². The Balaban J connectivity index is 1.83. The molecule has 2 rings (SSSR count). The van der Waals surface area contributed by atoms with Crippen LogP contribution in [-0.4, -0.2) is 52.8 Å². The number of thiazole rings is 1. The number of aliphatic carboxylic acids is 1. The Morgan fingerprint density at radius 2 is 2.50 bits per heavy atom. The SMILES string of the molecule is O=C(O)C1CN(C(=O)NCc2cncs2)CCO1. The molecule has 2 N–H and O–H groups in total. The summed E-state index contributed by atoms with van der Waals surface area (Å²) in [5.74, 6) is -1.05. The zero-order chi connectivity index (χ0) is 13.0. The van der Waals surface area contributed by atoms with Gasteiger partial charge in [-0.1, -0.05) is 0 Å². The van der Waals surface area contributed by atoms with E-state index in [1.807, 2.05) is 0 Å². The number of morpholine rings is 1. The predicted molar refractivity (Wildman–Crippen MR) is 63.3 cm³/mol. The van der Waals surface area contributed by atoms with Crippen LogP contribution < -0.4 is 5.32 Å². The van der Waals surface area contributed by atoms with Crippen LogP contribution in [0.4, 0.5) is 4.79 Å². The average Bonchev–Trinajstić information content (AvgIpc) is 2.89. The molecule has 0 aliphatic carbocycles. The molecule has 7 nitrogen and oxygen atoms in total. The zero-order valence-electron chi connectivity index (χ0n) is 9.54. The molecule has 8 heteroatoms. The molecule has 1 aliphatic heterocycles. The molecule has 0 radical (unpaired) electrons. The van der Waals surface area contributed by atoms with Crippen molar-refractivity contribution < 1.29 is 19.4 Å². The van der Waals surface area contributed by atoms with Gasteiger partial charge in [0.25, 0.3) is 0 Å². The van der Waals surface area contributed by atoms with Gasteiger partial charge in [0.15, 0.2) is 6.10 Å². The zero-order valence-corrected chi connectivity index (χ0v) is 10.4. The maximum atomic E-state index is 11.8. The molecule has 2 heterocycles. The van der Waals surface area contributed by atoms with Crippen LogP contribution in [0.1, 0.15) is 4.88 Å². The number of amides is 2. The number of carbonyl (C=O) groups is 2. The Morgan fingerprint density at radius 1 is 1.67 bits per heavy atom. The van der Waals surface area contributed by atoms with E-state index in [0.29, 0.717) is 13.1 Å². The first-order valence-corrected chi connectivity index (χ1v) is 6.29. The van der Waals surface area contributed by atoms with Gasteiger partial charge in [0.2, 0.25) is 0 Å². The number of aromatic nitrogens is 1. The molecule has 0 spiro atoms. The third-order valence-corrected chi connectivity index (χ3v) is 3.31. The lowest BCUT2D eigenvalue weighted by Gasteiger charge is -2.30. The van der Waals surface area contributed by atoms with E-state index in [0.717, 1.165) is 4.88 Å². The maximum absolute atomic E-state index is 11.8. The quantitative estimate of drug-likeness (QED) is 0.815. The lowest BCUT2D eigenvalue weighted by Crippen LogP contribution is -2.51. The van der Waals surface area contributed by atoms with Crippen LogP contribution in [0.2, 0.25) is 0 Å². The van der Waals surface area contributed by atoms with E-state index in [9.17, 15) is 9.59 Å². The Hall–Kier alpha value is -1.67. The van der Waals surface area contributed by atoms with E-state index in [4.69, 9.17) is 9.84 Å². The predicted octanol–water partition coefficient (Wildman–Crippen LogP) is 0.138. The minimum Gasteiger partial charge on any atom is -0.479 e. The Kier molecular flexibility index (Phi) is 4.11. The van der Waals surface area contributed by atoms with Crippen LogP contribution in [0.25, 0.3) is 0 Å². The third-order valence-electron chi connectivity index (χ3n) is 2.53. The average molecular weight is 271 g/mol. The van der Waals surface area contributed by atoms with E-state index in [1.165, 1.54) is 16.2 Å². The summed E-state index contributed by atoms with van der Waals surface area (Å²) < 4.78 is 5.04. The molecule has 1 unspecified atom stereocenters. The molecule has 1 aromatic heterocycles. The van der Waals surface area contributed by atoms with Crippen LogP contribution in [0.5, 0.6) is 0 Å². The van der Waals surface area contributed by atoms with Gasteiger partial charge in [0.1, 0.15) is 0 Å². The first-order valence-electron chi connectivity index (χ1n) is 5.41. The Labute approximate surface area is 107 Å². The third kappa shape index (κ3) is 3.17. The minimum atomic E-state index is -1.05. The van der Waals surface area contributed by atoms with Gasteiger partial charge in [-0.2, -0.15) is 0 Å². The number of hydrogen-bond acceptors (Lipinski definition) is 5. The number of carboxylic acid groups (broad SMARTS) is 1. The molecular formula is C10H13N3O4S. The van der Waals surface area contributed by atoms with Gasteiger partial charge in [-0.05, 0) is 0 Å². The van der Waals surface area contributed by atoms with Gasteiger partial charge in [0.05, 0.1) is 25.2 Å². The second kappa shape index (κ2) is 5.78. The molecule has 98 valence electrons. The normalized spacial score (nSPS) is 19.6. The molecule has 1 fully saturated rings. The van der Waals surface area contributed by atoms with Crippen LogP contribution in [0.3, 0.4) is 0 Å². The highest BCUT2D eigenvalue weighted by Gasteiger charge is 2.28. The summed E-state index contributed by atoms with van der Waals surface area (Å²) in [6, 6.07) is -0.280. The molecule has 0 aromatic carbocycles. The number of nitrogens with one attached hydrogen (secondary N) is 1. The fourth-order valence-corrected chi connectivity index (χ4v) is 2.12. The van der Waals surface area contributed by atoms with Crippen molar-refractivity contribution in [3.8, 4) is 0 Å². The van der Waals surface area contributed by atoms with Gasteiger partial charge in [-0.15, -0.1) is 11.3 Å². The molecule has 1 aliphatic rings. The second-order valence-electron chi connectivity index (χ2n) is 3.77. The van der Waals surface area contributed by atoms with Crippen molar-refractivity contribution in [3.05, 3.63) is 16.6 Å². The smallest absolute Gasteiger partial charge is 0.334 e. The molecule has 18 heavy (non-hydrogen) atoms. The molecule has 1 atom stereocenters. The van der Waals surface area contributed by atoms with Gasteiger partial charge in [0, 0.05) is 17.6 Å². The van der Waals surface area contributed by atoms with Crippen molar-refractivity contribution in [2.75, 3.05) is 19.7 Å². The van der Waals surface area contributed by atoms with Crippen LogP contribution in [0.15, 0.2) is 11.7 Å². The van der Waals surface area contributed by atoms with E-state index < -0.39 is 12.1 Å². The van der Waals surface area contributed by atoms with Gasteiger partial charge < -0.3 is 20.1 Å². The standard InChI is InChI=1S/C10H13N3O4S/c14-9(15)8-5-13(1-2-17-8)10(16)12-4-7-3-11-6-18-7/h3,6,8H,1-2,4-5H2,(H,12,16)(H,14,15). The molecule has 0 bridgehead atoms. The van der Waals surface area contributed by atoms with Crippen molar-refractivity contribution >= 4 is 23.3 Å². The number of rotatable bonds is 3. The van der Waals surface area contributed by atoms with Gasteiger partial charge >= 0.3 is 12.0 Å². The summed E-state index contributed by atoms with van der Waals surface area (Å²) in [6.45, 7) is 1.12. The molecule has 0 saturated carbocycles. The Bertz CT molecular complexity index is 423. The first-order chi connectivity index (χ1) is 8.66. The number of nitrogens with zero attached hydrogens (tertiary/aromatic N) is 2. The monoisotopic (exact) mass is 271 g/mol. The molecule has 1 aromatic rings. The van der Waals surface area contributed by atoms with Crippen LogP contribution in [-0.2, 0) is 16.1 Å². The fourth-order valence-electron chi connectivity index (χ4n) is 1.59. The number of carboxylic acids is 1. The van der Waals surface area contributed by atoms with Crippen molar-refractivity contribution in [1.29, 1.82) is 0 Å². The van der Waals surface area contributed by atoms with Crippen molar-refractivity contribution in [2.24, 2.45) is 0 Å². The Morgan fingerprint density at radius 3 is 3.17 bits per heavy atom. The van der Waals surface area contributed by atoms with Gasteiger partial charge in [-0.25, -0.2) is 9.59 Å². The van der Waals surface area contributed by atoms with Crippen LogP contribution >= 0.6 is 11.3 Å². The summed E-state index contributed by atoms with van der Waals surface area (Å²) in [4.78, 5) is 28.9. The highest BCUT2D eigenvalue weighted by molar-refractivity contribution is 7.09. The highest BCUT2D eigenvalue weighted by Crippen LogP contribution is 2.07. The first kappa shape index (κ1) is 12.8. The molecule has 2 amide bonds. The maximum Gasteiger partial charge on any atom is 0.334 e. The number of ether oxygens (including phenoxy) is 1. The van der Waals surface area contributed by atoms with Crippen molar-refractivity contribution in [2.45, 2.75) is 12.6 Å². The number of carbonyl (C=O) groups excluding carboxylic acids is 1. The van der Waals surface area contributed by atoms with E-state index in [2.05, 4.69) is 10.3 Å². The number of urea groups is 1. The number of hydrogen-bond donors (Lipinski definition) is 2. The summed E-state index contributed by atoms with van der Waals surface area (Å²) >= 11 is 1.45. The highest BCUT2D eigenvalue weighted by atomic mass is 32.1. The largest absolute Gasteiger partial charge is 0.479 e. The summed E-state index contributed by atoms with van der Waals surface area (Å²) in [7, 11) is 0. The summed E-state index contributed by atoms with van der Waals surface area (Å²) in [5, 5.41) is 11.6. The lowest BCUT2D eigenvalue weighted by molar-refractivity contribution is -0.154. The summed E-state index contributed by atoms with van der Waals surface area (Å²) in [6.07, 6.45) is 0.748. The van der Waals surface area contributed by atoms with E-state index in [-0.39, 0.29) is 19.2 Å². The fraction of sp³-hybridized carbons (Fsp3) is 0.500. The topological polar surface area (TPSA) is 91.8 Å². The lowest BCUT2D eigenvalue weighted by atomic mass is 10.3. The van der Waals surface area contributed by atoms with Gasteiger partial charge in [-0.3, -0.25) is 4.98 Å².